The molecule has 1 rings (SSSR count). The Morgan fingerprint density at radius 1 is 1.38 bits per heavy atom. The molecule has 0 aliphatic carbocycles. The van der Waals surface area contributed by atoms with E-state index in [0.29, 0.717) is 19.7 Å². The number of nitrogens with one attached hydrogen (secondary N) is 2. The van der Waals surface area contributed by atoms with Gasteiger partial charge in [0.05, 0.1) is 6.61 Å². The van der Waals surface area contributed by atoms with Crippen molar-refractivity contribution < 1.29 is 14.3 Å². The first kappa shape index (κ1) is 17.9. The smallest absolute Gasteiger partial charge is 0.258 e. The van der Waals surface area contributed by atoms with Crippen LogP contribution < -0.4 is 15.4 Å². The minimum Gasteiger partial charge on any atom is -0.483 e. The van der Waals surface area contributed by atoms with Gasteiger partial charge in [-0.15, -0.1) is 0 Å². The summed E-state index contributed by atoms with van der Waals surface area (Å²) in [7, 11) is 1.60. The van der Waals surface area contributed by atoms with Gasteiger partial charge in [0.2, 0.25) is 0 Å². The lowest BCUT2D eigenvalue weighted by Crippen LogP contribution is -2.31. The zero-order chi connectivity index (χ0) is 15.7. The van der Waals surface area contributed by atoms with Crippen molar-refractivity contribution >= 4 is 21.8 Å². The van der Waals surface area contributed by atoms with Crippen molar-refractivity contribution in [1.29, 1.82) is 0 Å². The summed E-state index contributed by atoms with van der Waals surface area (Å²) in [6.45, 7) is 6.59. The van der Waals surface area contributed by atoms with Crippen molar-refractivity contribution in [3.05, 3.63) is 27.7 Å². The second kappa shape index (κ2) is 9.76. The fourth-order valence-electron chi connectivity index (χ4n) is 1.88. The highest BCUT2D eigenvalue weighted by Gasteiger charge is 2.11. The second-order valence-corrected chi connectivity index (χ2v) is 5.54. The molecule has 0 aliphatic rings. The topological polar surface area (TPSA) is 59.6 Å². The number of hydrogen-bond donors (Lipinski definition) is 2. The van der Waals surface area contributed by atoms with E-state index in [2.05, 4.69) is 33.5 Å². The van der Waals surface area contributed by atoms with Gasteiger partial charge in [-0.1, -0.05) is 22.9 Å². The first-order valence-electron chi connectivity index (χ1n) is 6.96. The summed E-state index contributed by atoms with van der Waals surface area (Å²) in [4.78, 5) is 11.7. The maximum absolute atomic E-state index is 11.7. The lowest BCUT2D eigenvalue weighted by Gasteiger charge is -2.15. The second-order valence-electron chi connectivity index (χ2n) is 4.62. The van der Waals surface area contributed by atoms with E-state index in [0.717, 1.165) is 27.9 Å². The van der Waals surface area contributed by atoms with Crippen molar-refractivity contribution in [2.45, 2.75) is 20.4 Å². The Morgan fingerprint density at radius 3 is 2.81 bits per heavy atom. The van der Waals surface area contributed by atoms with Gasteiger partial charge in [0.15, 0.2) is 6.61 Å². The molecule has 0 aliphatic heterocycles. The van der Waals surface area contributed by atoms with E-state index < -0.39 is 0 Å². The van der Waals surface area contributed by atoms with E-state index >= 15 is 0 Å². The van der Waals surface area contributed by atoms with E-state index in [4.69, 9.17) is 9.47 Å². The largest absolute Gasteiger partial charge is 0.483 e. The number of halogens is 1. The highest BCUT2D eigenvalue weighted by atomic mass is 79.9. The molecule has 0 aromatic heterocycles. The molecule has 0 saturated heterocycles. The summed E-state index contributed by atoms with van der Waals surface area (Å²) < 4.78 is 11.6. The van der Waals surface area contributed by atoms with E-state index in [-0.39, 0.29) is 12.5 Å². The lowest BCUT2D eigenvalue weighted by molar-refractivity contribution is -0.123. The molecule has 6 heteroatoms. The molecule has 2 N–H and O–H groups in total. The Balaban J connectivity index is 2.66. The highest BCUT2D eigenvalue weighted by molar-refractivity contribution is 9.10. The molecule has 0 bridgehead atoms. The Bertz CT molecular complexity index is 466. The Hall–Kier alpha value is -1.11. The maximum atomic E-state index is 11.7. The van der Waals surface area contributed by atoms with E-state index in [1.807, 2.05) is 19.1 Å². The molecule has 1 aromatic carbocycles. The predicted octanol–water partition coefficient (Wildman–Crippen LogP) is 2.01. The molecular formula is C15H23BrN2O3. The van der Waals surface area contributed by atoms with Gasteiger partial charge < -0.3 is 20.1 Å². The van der Waals surface area contributed by atoms with Crippen LogP contribution in [0.15, 0.2) is 16.6 Å². The number of aryl methyl sites for hydroxylation is 1. The fraction of sp³-hybridized carbons (Fsp3) is 0.533. The van der Waals surface area contributed by atoms with Crippen LogP contribution in [0.3, 0.4) is 0 Å². The number of methoxy groups -OCH3 is 1. The van der Waals surface area contributed by atoms with Crippen LogP contribution in [-0.2, 0) is 16.1 Å². The maximum Gasteiger partial charge on any atom is 0.258 e. The molecule has 1 aromatic rings. The van der Waals surface area contributed by atoms with Crippen molar-refractivity contribution in [2.24, 2.45) is 0 Å². The number of amides is 1. The van der Waals surface area contributed by atoms with E-state index in [9.17, 15) is 4.79 Å². The first-order chi connectivity index (χ1) is 10.1. The number of hydrogen-bond acceptors (Lipinski definition) is 4. The first-order valence-corrected chi connectivity index (χ1v) is 7.76. The van der Waals surface area contributed by atoms with Crippen molar-refractivity contribution in [3.63, 3.8) is 0 Å². The molecule has 0 heterocycles. The number of rotatable bonds is 9. The number of carbonyl (C=O) groups excluding carboxylic acids is 1. The molecule has 0 saturated carbocycles. The van der Waals surface area contributed by atoms with Gasteiger partial charge in [-0.05, 0) is 31.2 Å². The van der Waals surface area contributed by atoms with Crippen LogP contribution in [0, 0.1) is 6.92 Å². The van der Waals surface area contributed by atoms with Crippen LogP contribution in [0.1, 0.15) is 18.1 Å². The molecule has 118 valence electrons. The highest BCUT2D eigenvalue weighted by Crippen LogP contribution is 2.28. The summed E-state index contributed by atoms with van der Waals surface area (Å²) in [5.74, 6) is 0.616. The average molecular weight is 359 g/mol. The summed E-state index contributed by atoms with van der Waals surface area (Å²) in [6.07, 6.45) is 0. The third kappa shape index (κ3) is 6.46. The number of benzene rings is 1. The molecule has 21 heavy (non-hydrogen) atoms. The van der Waals surface area contributed by atoms with E-state index in [1.165, 1.54) is 0 Å². The molecule has 0 spiro atoms. The fourth-order valence-corrected chi connectivity index (χ4v) is 2.50. The molecule has 5 nitrogen and oxygen atoms in total. The van der Waals surface area contributed by atoms with Crippen molar-refractivity contribution in [3.8, 4) is 5.75 Å². The van der Waals surface area contributed by atoms with Crippen LogP contribution >= 0.6 is 15.9 Å². The molecule has 0 unspecified atom stereocenters. The SMILES string of the molecule is CCNCc1cc(Br)cc(C)c1OCC(=O)NCCOC. The molecule has 1 amide bonds. The summed E-state index contributed by atoms with van der Waals surface area (Å²) in [5.41, 5.74) is 2.04. The van der Waals surface area contributed by atoms with Gasteiger partial charge in [-0.2, -0.15) is 0 Å². The van der Waals surface area contributed by atoms with Crippen LogP contribution in [0.5, 0.6) is 5.75 Å². The quantitative estimate of drug-likeness (QED) is 0.663. The van der Waals surface area contributed by atoms with Crippen LogP contribution in [-0.4, -0.2) is 39.3 Å². The number of ether oxygens (including phenoxy) is 2. The predicted molar refractivity (Wildman–Crippen MR) is 86.6 cm³/mol. The minimum atomic E-state index is -0.149. The van der Waals surface area contributed by atoms with Gasteiger partial charge in [0.1, 0.15) is 5.75 Å². The van der Waals surface area contributed by atoms with Crippen molar-refractivity contribution in [1.82, 2.24) is 10.6 Å². The monoisotopic (exact) mass is 358 g/mol. The van der Waals surface area contributed by atoms with Gasteiger partial charge in [-0.25, -0.2) is 0 Å². The zero-order valence-electron chi connectivity index (χ0n) is 12.8. The van der Waals surface area contributed by atoms with Crippen molar-refractivity contribution in [2.75, 3.05) is 33.4 Å². The molecule has 0 radical (unpaired) electrons. The third-order valence-electron chi connectivity index (χ3n) is 2.86. The van der Waals surface area contributed by atoms with Crippen LogP contribution in [0.4, 0.5) is 0 Å². The van der Waals surface area contributed by atoms with E-state index in [1.54, 1.807) is 7.11 Å². The Labute approximate surface area is 134 Å². The summed E-state index contributed by atoms with van der Waals surface area (Å²) in [6, 6.07) is 3.99. The summed E-state index contributed by atoms with van der Waals surface area (Å²) in [5, 5.41) is 6.00. The summed E-state index contributed by atoms with van der Waals surface area (Å²) >= 11 is 3.48. The Morgan fingerprint density at radius 2 is 2.14 bits per heavy atom. The van der Waals surface area contributed by atoms with Crippen LogP contribution in [0.25, 0.3) is 0 Å². The molecular weight excluding hydrogens is 336 g/mol. The Kier molecular flexibility index (Phi) is 8.34. The normalized spacial score (nSPS) is 10.5. The van der Waals surface area contributed by atoms with Gasteiger partial charge in [-0.3, -0.25) is 4.79 Å². The molecule has 0 atom stereocenters. The van der Waals surface area contributed by atoms with Gasteiger partial charge in [0.25, 0.3) is 5.91 Å². The van der Waals surface area contributed by atoms with Gasteiger partial charge in [0, 0.05) is 30.2 Å². The van der Waals surface area contributed by atoms with Gasteiger partial charge >= 0.3 is 0 Å². The number of carbonyl (C=O) groups is 1. The lowest BCUT2D eigenvalue weighted by atomic mass is 10.1. The third-order valence-corrected chi connectivity index (χ3v) is 3.32. The molecule has 0 fully saturated rings. The average Bonchev–Trinajstić information content (AvgIpc) is 2.44. The minimum absolute atomic E-state index is 0.00527. The van der Waals surface area contributed by atoms with Crippen LogP contribution in [0.2, 0.25) is 0 Å². The standard InChI is InChI=1S/C15H23BrN2O3/c1-4-17-9-12-8-13(16)7-11(2)15(12)21-10-14(19)18-5-6-20-3/h7-8,17H,4-6,9-10H2,1-3H3,(H,18,19). The zero-order valence-corrected chi connectivity index (χ0v) is 14.4.